The van der Waals surface area contributed by atoms with E-state index >= 15 is 0 Å². The van der Waals surface area contributed by atoms with E-state index < -0.39 is 26.8 Å². The summed E-state index contributed by atoms with van der Waals surface area (Å²) in [5.41, 5.74) is 10.2. The maximum Gasteiger partial charge on any atom is -1.00 e. The Kier molecular flexibility index (Phi) is 12.6. The maximum absolute atomic E-state index is 2.63. The van der Waals surface area contributed by atoms with E-state index in [0.717, 1.165) is 7.25 Å². The molecule has 4 rings (SSSR count). The quantitative estimate of drug-likeness (QED) is 0.353. The first-order chi connectivity index (χ1) is 15.7. The molecular weight excluding hydrogens is 551 g/mol. The average molecular weight is 592 g/mol. The summed E-state index contributed by atoms with van der Waals surface area (Å²) in [5.74, 6) is -0.761. The number of unbranched alkanes of at least 4 members (excludes halogenated alkanes) is 2. The van der Waals surface area contributed by atoms with Crippen LogP contribution < -0.4 is 24.8 Å². The van der Waals surface area contributed by atoms with E-state index in [2.05, 4.69) is 88.4 Å². The minimum Gasteiger partial charge on any atom is -1.00 e. The molecule has 0 heterocycles. The van der Waals surface area contributed by atoms with E-state index in [9.17, 15) is 0 Å². The molecule has 0 saturated heterocycles. The average Bonchev–Trinajstić information content (AvgIpc) is 3.37. The van der Waals surface area contributed by atoms with E-state index in [1.807, 2.05) is 11.1 Å². The zero-order valence-corrected chi connectivity index (χ0v) is 26.5. The zero-order chi connectivity index (χ0) is 22.5. The SMILES string of the molecule is CCCCC1=Cc2ccccc2[CH]1[Zr+2]([CH]1C(CCCC)=Cc2ccccc21)[SiH](CC)CC.[Cl-].[Cl-]. The van der Waals surface area contributed by atoms with E-state index in [4.69, 9.17) is 0 Å². The topological polar surface area (TPSA) is 0 Å². The van der Waals surface area contributed by atoms with Crippen molar-refractivity contribution >= 4 is 18.1 Å². The van der Waals surface area contributed by atoms with Gasteiger partial charge in [0.2, 0.25) is 0 Å². The number of rotatable bonds is 11. The van der Waals surface area contributed by atoms with Gasteiger partial charge in [0.25, 0.3) is 0 Å². The van der Waals surface area contributed by atoms with Gasteiger partial charge in [0.1, 0.15) is 0 Å². The van der Waals surface area contributed by atoms with Crippen molar-refractivity contribution < 1.29 is 45.7 Å². The predicted molar refractivity (Wildman–Crippen MR) is 141 cm³/mol. The number of halogens is 2. The Hall–Kier alpha value is -0.400. The number of allylic oxidation sites excluding steroid dienone is 2. The fraction of sp³-hybridized carbons (Fsp3) is 0.467. The molecule has 2 aromatic rings. The molecule has 2 atom stereocenters. The van der Waals surface area contributed by atoms with Gasteiger partial charge in [-0.3, -0.25) is 0 Å². The van der Waals surface area contributed by atoms with Crippen LogP contribution in [-0.2, 0) is 20.9 Å². The summed E-state index contributed by atoms with van der Waals surface area (Å²) in [6, 6.07) is 21.9. The van der Waals surface area contributed by atoms with E-state index in [1.165, 1.54) is 50.6 Å². The molecule has 0 saturated carbocycles. The number of hydrogen-bond donors (Lipinski definition) is 0. The first-order valence-electron chi connectivity index (χ1n) is 13.2. The summed E-state index contributed by atoms with van der Waals surface area (Å²) in [4.78, 5) is 0. The van der Waals surface area contributed by atoms with Crippen LogP contribution in [0.3, 0.4) is 0 Å². The van der Waals surface area contributed by atoms with Gasteiger partial charge in [0.15, 0.2) is 0 Å². The molecular formula is C30H41Cl2SiZr. The number of fused-ring (bicyclic) bond motifs is 2. The van der Waals surface area contributed by atoms with Crippen molar-refractivity contribution in [3.63, 3.8) is 0 Å². The second kappa shape index (κ2) is 14.4. The van der Waals surface area contributed by atoms with Crippen molar-refractivity contribution in [3.05, 3.63) is 81.9 Å². The molecule has 0 radical (unpaired) electrons. The molecule has 0 spiro atoms. The predicted octanol–water partition coefficient (Wildman–Crippen LogP) is 3.03. The van der Waals surface area contributed by atoms with Crippen molar-refractivity contribution in [2.75, 3.05) is 0 Å². The number of hydrogen-bond acceptors (Lipinski definition) is 0. The summed E-state index contributed by atoms with van der Waals surface area (Å²) >= 11 is -1.92. The fourth-order valence-corrected chi connectivity index (χ4v) is 34.3. The molecule has 0 aliphatic heterocycles. The van der Waals surface area contributed by atoms with Gasteiger partial charge < -0.3 is 24.8 Å². The molecule has 4 heteroatoms. The zero-order valence-electron chi connectivity index (χ0n) is 21.4. The van der Waals surface area contributed by atoms with Gasteiger partial charge >= 0.3 is 206 Å². The Balaban J connectivity index is 0.00000204. The van der Waals surface area contributed by atoms with Gasteiger partial charge in [-0.25, -0.2) is 0 Å². The van der Waals surface area contributed by atoms with Crippen molar-refractivity contribution in [3.8, 4) is 0 Å². The maximum atomic E-state index is 2.63. The molecule has 2 unspecified atom stereocenters. The first-order valence-corrected chi connectivity index (χ1v) is 22.5. The van der Waals surface area contributed by atoms with Crippen LogP contribution in [0.25, 0.3) is 12.2 Å². The van der Waals surface area contributed by atoms with E-state index in [0.29, 0.717) is 0 Å². The second-order valence-electron chi connectivity index (χ2n) is 9.78. The Bertz CT molecular complexity index is 906. The van der Waals surface area contributed by atoms with Gasteiger partial charge in [0, 0.05) is 0 Å². The molecule has 2 aliphatic rings. The van der Waals surface area contributed by atoms with Gasteiger partial charge in [-0.1, -0.05) is 0 Å². The van der Waals surface area contributed by atoms with E-state index in [1.54, 1.807) is 22.3 Å². The fourth-order valence-electron chi connectivity index (χ4n) is 6.16. The Morgan fingerprint density at radius 1 is 0.647 bits per heavy atom. The van der Waals surface area contributed by atoms with Crippen LogP contribution in [0.2, 0.25) is 12.1 Å². The van der Waals surface area contributed by atoms with Crippen molar-refractivity contribution in [2.45, 2.75) is 85.6 Å². The van der Waals surface area contributed by atoms with Crippen LogP contribution in [0.1, 0.15) is 95.7 Å². The molecule has 183 valence electrons. The summed E-state index contributed by atoms with van der Waals surface area (Å²) < 4.78 is 1.63. The Morgan fingerprint density at radius 3 is 1.44 bits per heavy atom. The smallest absolute Gasteiger partial charge is 1.00 e. The third-order valence-electron chi connectivity index (χ3n) is 7.80. The summed E-state index contributed by atoms with van der Waals surface area (Å²) in [5, 5.41) is 0. The molecule has 0 bridgehead atoms. The van der Waals surface area contributed by atoms with Gasteiger partial charge in [0.05, 0.1) is 0 Å². The second-order valence-corrected chi connectivity index (χ2v) is 28.1. The van der Waals surface area contributed by atoms with Crippen molar-refractivity contribution in [1.29, 1.82) is 0 Å². The summed E-state index contributed by atoms with van der Waals surface area (Å²) in [7, 11) is 0. The minimum absolute atomic E-state index is 0. The van der Waals surface area contributed by atoms with Crippen molar-refractivity contribution in [2.24, 2.45) is 0 Å². The van der Waals surface area contributed by atoms with Crippen LogP contribution >= 0.6 is 0 Å². The van der Waals surface area contributed by atoms with Crippen LogP contribution in [0.5, 0.6) is 0 Å². The largest absolute Gasteiger partial charge is 1.00 e. The van der Waals surface area contributed by atoms with Gasteiger partial charge in [-0.15, -0.1) is 0 Å². The summed E-state index contributed by atoms with van der Waals surface area (Å²) in [6.07, 6.45) is 13.2. The molecule has 0 fully saturated rings. The monoisotopic (exact) mass is 589 g/mol. The van der Waals surface area contributed by atoms with Crippen LogP contribution in [0.15, 0.2) is 59.7 Å². The van der Waals surface area contributed by atoms with E-state index in [-0.39, 0.29) is 24.8 Å². The standard InChI is InChI=1S/2C13H15.C4H11Si.2ClH.Zr/c2*1-2-3-6-11-9-12-7-4-5-8-13(12)10-11;1-3-5-4-2;;;/h2*4-5,7-10H,2-3,6H2,1H3;5H,3-4H2,1-2H3;2*1H;/q;;;;;+2/p-2. The molecule has 0 aromatic heterocycles. The van der Waals surface area contributed by atoms with Crippen LogP contribution in [0, 0.1) is 0 Å². The molecule has 2 aliphatic carbocycles. The summed E-state index contributed by atoms with van der Waals surface area (Å²) in [6.45, 7) is 9.78. The molecule has 0 N–H and O–H groups in total. The molecule has 0 amide bonds. The van der Waals surface area contributed by atoms with Gasteiger partial charge in [-0.05, 0) is 0 Å². The molecule has 2 aromatic carbocycles. The Morgan fingerprint density at radius 2 is 1.06 bits per heavy atom. The molecule has 34 heavy (non-hydrogen) atoms. The first kappa shape index (κ1) is 29.8. The van der Waals surface area contributed by atoms with Crippen LogP contribution in [0.4, 0.5) is 0 Å². The minimum atomic E-state index is -1.92. The Labute approximate surface area is 229 Å². The van der Waals surface area contributed by atoms with Crippen molar-refractivity contribution in [1.82, 2.24) is 0 Å². The third-order valence-corrected chi connectivity index (χ3v) is 34.3. The normalized spacial score (nSPS) is 17.9. The number of benzene rings is 2. The molecule has 0 nitrogen and oxygen atoms in total. The third kappa shape index (κ3) is 6.11. The van der Waals surface area contributed by atoms with Gasteiger partial charge in [-0.2, -0.15) is 0 Å². The van der Waals surface area contributed by atoms with Crippen LogP contribution in [-0.4, -0.2) is 5.92 Å².